The molecule has 0 aliphatic heterocycles. The fourth-order valence-corrected chi connectivity index (χ4v) is 2.49. The molecular formula is C20H24N4O. The maximum absolute atomic E-state index is 5.33. The van der Waals surface area contributed by atoms with Crippen molar-refractivity contribution in [1.29, 1.82) is 0 Å². The molecule has 0 saturated carbocycles. The first kappa shape index (κ1) is 17.0. The average Bonchev–Trinajstić information content (AvgIpc) is 3.05. The minimum absolute atomic E-state index is 0.140. The van der Waals surface area contributed by atoms with Crippen molar-refractivity contribution in [1.82, 2.24) is 9.97 Å². The molecule has 2 N–H and O–H groups in total. The number of furan rings is 1. The summed E-state index contributed by atoms with van der Waals surface area (Å²) in [5, 5.41) is 6.53. The fraction of sp³-hybridized carbons (Fsp3) is 0.300. The van der Waals surface area contributed by atoms with E-state index in [-0.39, 0.29) is 5.41 Å². The van der Waals surface area contributed by atoms with Gasteiger partial charge in [-0.15, -0.1) is 0 Å². The molecule has 3 aromatic rings. The van der Waals surface area contributed by atoms with Crippen molar-refractivity contribution in [2.24, 2.45) is 0 Å². The van der Waals surface area contributed by atoms with E-state index in [2.05, 4.69) is 65.6 Å². The van der Waals surface area contributed by atoms with Crippen molar-refractivity contribution in [3.05, 3.63) is 65.7 Å². The van der Waals surface area contributed by atoms with E-state index in [4.69, 9.17) is 4.42 Å². The second-order valence-corrected chi connectivity index (χ2v) is 7.10. The highest BCUT2D eigenvalue weighted by Gasteiger charge is 2.13. The molecule has 0 saturated heterocycles. The summed E-state index contributed by atoms with van der Waals surface area (Å²) in [4.78, 5) is 8.98. The zero-order chi connectivity index (χ0) is 17.9. The van der Waals surface area contributed by atoms with Gasteiger partial charge in [-0.3, -0.25) is 0 Å². The van der Waals surface area contributed by atoms with Gasteiger partial charge in [0.05, 0.1) is 12.8 Å². The van der Waals surface area contributed by atoms with Gasteiger partial charge in [0, 0.05) is 17.4 Å². The molecule has 130 valence electrons. The Labute approximate surface area is 148 Å². The van der Waals surface area contributed by atoms with Gasteiger partial charge in [0.25, 0.3) is 0 Å². The van der Waals surface area contributed by atoms with Gasteiger partial charge in [0.2, 0.25) is 5.95 Å². The number of aryl methyl sites for hydroxylation is 1. The van der Waals surface area contributed by atoms with Gasteiger partial charge in [-0.25, -0.2) is 4.98 Å². The number of benzene rings is 1. The highest BCUT2D eigenvalue weighted by Crippen LogP contribution is 2.24. The Morgan fingerprint density at radius 3 is 2.44 bits per heavy atom. The number of nitrogens with one attached hydrogen (secondary N) is 2. The Hall–Kier alpha value is -2.82. The van der Waals surface area contributed by atoms with Crippen LogP contribution in [0.3, 0.4) is 0 Å². The van der Waals surface area contributed by atoms with Crippen LogP contribution in [0.5, 0.6) is 0 Å². The minimum atomic E-state index is 0.140. The molecule has 25 heavy (non-hydrogen) atoms. The van der Waals surface area contributed by atoms with E-state index >= 15 is 0 Å². The van der Waals surface area contributed by atoms with Gasteiger partial charge in [-0.2, -0.15) is 4.98 Å². The fourth-order valence-electron chi connectivity index (χ4n) is 2.49. The largest absolute Gasteiger partial charge is 0.467 e. The Balaban J connectivity index is 1.71. The Morgan fingerprint density at radius 2 is 1.80 bits per heavy atom. The Kier molecular flexibility index (Phi) is 4.74. The van der Waals surface area contributed by atoms with Crippen LogP contribution < -0.4 is 10.6 Å². The number of hydrogen-bond donors (Lipinski definition) is 2. The first-order valence-electron chi connectivity index (χ1n) is 8.40. The van der Waals surface area contributed by atoms with E-state index < -0.39 is 0 Å². The van der Waals surface area contributed by atoms with Crippen LogP contribution in [-0.4, -0.2) is 9.97 Å². The summed E-state index contributed by atoms with van der Waals surface area (Å²) in [6, 6.07) is 14.1. The number of aromatic nitrogens is 2. The second-order valence-electron chi connectivity index (χ2n) is 7.10. The average molecular weight is 336 g/mol. The van der Waals surface area contributed by atoms with E-state index in [1.54, 1.807) is 6.26 Å². The van der Waals surface area contributed by atoms with Crippen LogP contribution in [0.25, 0.3) is 0 Å². The smallest absolute Gasteiger partial charge is 0.229 e. The maximum atomic E-state index is 5.33. The molecule has 0 amide bonds. The molecule has 0 fully saturated rings. The van der Waals surface area contributed by atoms with Crippen molar-refractivity contribution >= 4 is 17.5 Å². The number of nitrogens with zero attached hydrogens (tertiary/aromatic N) is 2. The summed E-state index contributed by atoms with van der Waals surface area (Å²) in [5.74, 6) is 2.20. The molecule has 2 aromatic heterocycles. The molecule has 0 unspecified atom stereocenters. The summed E-state index contributed by atoms with van der Waals surface area (Å²) >= 11 is 0. The van der Waals surface area contributed by atoms with E-state index in [9.17, 15) is 0 Å². The molecule has 0 bridgehead atoms. The van der Waals surface area contributed by atoms with Crippen LogP contribution in [0.2, 0.25) is 0 Å². The highest BCUT2D eigenvalue weighted by molar-refractivity contribution is 5.56. The molecule has 0 aliphatic carbocycles. The molecule has 5 heteroatoms. The monoisotopic (exact) mass is 336 g/mol. The predicted molar refractivity (Wildman–Crippen MR) is 101 cm³/mol. The van der Waals surface area contributed by atoms with Gasteiger partial charge in [0.15, 0.2) is 0 Å². The van der Waals surface area contributed by atoms with Crippen LogP contribution in [0.1, 0.15) is 37.8 Å². The van der Waals surface area contributed by atoms with E-state index in [0.717, 1.165) is 23.0 Å². The number of hydrogen-bond acceptors (Lipinski definition) is 5. The molecule has 0 atom stereocenters. The lowest BCUT2D eigenvalue weighted by atomic mass is 9.87. The van der Waals surface area contributed by atoms with Crippen LogP contribution in [0.15, 0.2) is 53.1 Å². The Bertz CT molecular complexity index is 818. The zero-order valence-electron chi connectivity index (χ0n) is 15.1. The third-order valence-electron chi connectivity index (χ3n) is 3.89. The second kappa shape index (κ2) is 6.97. The van der Waals surface area contributed by atoms with Crippen LogP contribution in [0, 0.1) is 6.92 Å². The van der Waals surface area contributed by atoms with Crippen LogP contribution >= 0.6 is 0 Å². The van der Waals surface area contributed by atoms with Crippen molar-refractivity contribution in [3.63, 3.8) is 0 Å². The Morgan fingerprint density at radius 1 is 1.04 bits per heavy atom. The summed E-state index contributed by atoms with van der Waals surface area (Å²) in [6.45, 7) is 9.15. The lowest BCUT2D eigenvalue weighted by Crippen LogP contribution is -2.10. The van der Waals surface area contributed by atoms with Gasteiger partial charge in [-0.05, 0) is 42.2 Å². The quantitative estimate of drug-likeness (QED) is 0.684. The van der Waals surface area contributed by atoms with Gasteiger partial charge < -0.3 is 15.1 Å². The summed E-state index contributed by atoms with van der Waals surface area (Å²) < 4.78 is 5.33. The molecule has 1 aromatic carbocycles. The van der Waals surface area contributed by atoms with Gasteiger partial charge >= 0.3 is 0 Å². The van der Waals surface area contributed by atoms with E-state index in [1.165, 1.54) is 5.56 Å². The molecular weight excluding hydrogens is 312 g/mol. The third-order valence-corrected chi connectivity index (χ3v) is 3.89. The van der Waals surface area contributed by atoms with Crippen LogP contribution in [0.4, 0.5) is 17.5 Å². The molecule has 2 heterocycles. The summed E-state index contributed by atoms with van der Waals surface area (Å²) in [5.41, 5.74) is 3.30. The normalized spacial score (nSPS) is 11.4. The molecule has 0 aliphatic rings. The lowest BCUT2D eigenvalue weighted by Gasteiger charge is -2.19. The molecule has 0 radical (unpaired) electrons. The maximum Gasteiger partial charge on any atom is 0.229 e. The first-order chi connectivity index (χ1) is 11.9. The number of rotatable bonds is 5. The number of anilines is 3. The predicted octanol–water partition coefficient (Wildman–Crippen LogP) is 5.03. The third kappa shape index (κ3) is 4.59. The standard InChI is InChI=1S/C20H24N4O/c1-14-12-18(21-13-17-6-5-11-25-17)24-19(22-14)23-16-9-7-15(8-10-16)20(2,3)4/h5-12H,13H2,1-4H3,(H2,21,22,23,24). The molecule has 0 spiro atoms. The first-order valence-corrected chi connectivity index (χ1v) is 8.40. The van der Waals surface area contributed by atoms with E-state index in [1.807, 2.05) is 25.1 Å². The summed E-state index contributed by atoms with van der Waals surface area (Å²) in [7, 11) is 0. The van der Waals surface area contributed by atoms with Crippen molar-refractivity contribution < 1.29 is 4.42 Å². The lowest BCUT2D eigenvalue weighted by molar-refractivity contribution is 0.518. The van der Waals surface area contributed by atoms with Gasteiger partial charge in [-0.1, -0.05) is 32.9 Å². The molecule has 3 rings (SSSR count). The van der Waals surface area contributed by atoms with Crippen molar-refractivity contribution in [2.75, 3.05) is 10.6 Å². The van der Waals surface area contributed by atoms with Crippen molar-refractivity contribution in [2.45, 2.75) is 39.7 Å². The minimum Gasteiger partial charge on any atom is -0.467 e. The van der Waals surface area contributed by atoms with Crippen molar-refractivity contribution in [3.8, 4) is 0 Å². The van der Waals surface area contributed by atoms with Crippen LogP contribution in [-0.2, 0) is 12.0 Å². The highest BCUT2D eigenvalue weighted by atomic mass is 16.3. The zero-order valence-corrected chi connectivity index (χ0v) is 15.1. The summed E-state index contributed by atoms with van der Waals surface area (Å²) in [6.07, 6.45) is 1.66. The van der Waals surface area contributed by atoms with Gasteiger partial charge in [0.1, 0.15) is 11.6 Å². The topological polar surface area (TPSA) is 63.0 Å². The molecule has 5 nitrogen and oxygen atoms in total. The SMILES string of the molecule is Cc1cc(NCc2ccco2)nc(Nc2ccc(C(C)(C)C)cc2)n1. The van der Waals surface area contributed by atoms with E-state index in [0.29, 0.717) is 12.5 Å².